The van der Waals surface area contributed by atoms with E-state index in [1.54, 1.807) is 0 Å². The maximum atomic E-state index is 5.82. The molecule has 21 heavy (non-hydrogen) atoms. The normalized spacial score (nSPS) is 10.3. The zero-order valence-corrected chi connectivity index (χ0v) is 13.7. The van der Waals surface area contributed by atoms with Crippen molar-refractivity contribution in [2.24, 2.45) is 0 Å². The van der Waals surface area contributed by atoms with Crippen molar-refractivity contribution in [3.05, 3.63) is 88.0 Å². The molecule has 0 aliphatic rings. The van der Waals surface area contributed by atoms with Gasteiger partial charge >= 0.3 is 0 Å². The zero-order chi connectivity index (χ0) is 14.5. The Balaban J connectivity index is 1.66. The van der Waals surface area contributed by atoms with E-state index in [9.17, 15) is 0 Å². The summed E-state index contributed by atoms with van der Waals surface area (Å²) in [6.07, 6.45) is 0. The minimum absolute atomic E-state index is 0.599. The lowest BCUT2D eigenvalue weighted by molar-refractivity contribution is 0.306. The minimum Gasteiger partial charge on any atom is -0.489 e. The molecule has 0 spiro atoms. The molecule has 0 saturated carbocycles. The van der Waals surface area contributed by atoms with Crippen molar-refractivity contribution < 1.29 is 4.74 Å². The van der Waals surface area contributed by atoms with Gasteiger partial charge in [0.1, 0.15) is 12.4 Å². The van der Waals surface area contributed by atoms with Crippen LogP contribution in [0.1, 0.15) is 5.56 Å². The monoisotopic (exact) mass is 386 g/mol. The minimum atomic E-state index is 0.599. The molecule has 0 saturated heterocycles. The van der Waals surface area contributed by atoms with Crippen LogP contribution in [0.25, 0.3) is 11.1 Å². The third-order valence-electron chi connectivity index (χ3n) is 3.28. The first-order valence-electron chi connectivity index (χ1n) is 6.84. The molecule has 0 N–H and O–H groups in total. The highest BCUT2D eigenvalue weighted by Crippen LogP contribution is 2.22. The lowest BCUT2D eigenvalue weighted by Gasteiger charge is -2.08. The fourth-order valence-corrected chi connectivity index (χ4v) is 2.48. The smallest absolute Gasteiger partial charge is 0.119 e. The maximum Gasteiger partial charge on any atom is 0.119 e. The molecule has 0 fully saturated rings. The van der Waals surface area contributed by atoms with Crippen molar-refractivity contribution in [3.8, 4) is 16.9 Å². The second-order valence-electron chi connectivity index (χ2n) is 4.81. The van der Waals surface area contributed by atoms with E-state index >= 15 is 0 Å². The average Bonchev–Trinajstić information content (AvgIpc) is 2.56. The fraction of sp³-hybridized carbons (Fsp3) is 0.0526. The molecule has 0 bridgehead atoms. The van der Waals surface area contributed by atoms with Crippen LogP contribution in [0.3, 0.4) is 0 Å². The molecule has 1 nitrogen and oxygen atoms in total. The van der Waals surface area contributed by atoms with E-state index in [1.165, 1.54) is 20.3 Å². The number of rotatable bonds is 4. The maximum absolute atomic E-state index is 5.82. The van der Waals surface area contributed by atoms with Crippen LogP contribution < -0.4 is 4.74 Å². The molecule has 104 valence electrons. The van der Waals surface area contributed by atoms with Gasteiger partial charge in [0, 0.05) is 3.57 Å². The van der Waals surface area contributed by atoms with Gasteiger partial charge in [0.05, 0.1) is 0 Å². The van der Waals surface area contributed by atoms with Gasteiger partial charge < -0.3 is 4.74 Å². The molecule has 0 amide bonds. The van der Waals surface area contributed by atoms with Gasteiger partial charge in [0.2, 0.25) is 0 Å². The number of ether oxygens (including phenoxy) is 1. The first-order valence-corrected chi connectivity index (χ1v) is 7.92. The average molecular weight is 386 g/mol. The van der Waals surface area contributed by atoms with Crippen LogP contribution in [0, 0.1) is 3.57 Å². The van der Waals surface area contributed by atoms with Gasteiger partial charge in [0.25, 0.3) is 0 Å². The Bertz CT molecular complexity index is 688. The van der Waals surface area contributed by atoms with Crippen molar-refractivity contribution in [1.29, 1.82) is 0 Å². The van der Waals surface area contributed by atoms with Crippen LogP contribution in [-0.2, 0) is 6.61 Å². The van der Waals surface area contributed by atoms with Gasteiger partial charge in [0.15, 0.2) is 0 Å². The van der Waals surface area contributed by atoms with Crippen LogP contribution in [0.4, 0.5) is 0 Å². The van der Waals surface area contributed by atoms with E-state index < -0.39 is 0 Å². The third-order valence-corrected chi connectivity index (χ3v) is 4.00. The Morgan fingerprint density at radius 2 is 1.29 bits per heavy atom. The summed E-state index contributed by atoms with van der Waals surface area (Å²) in [6.45, 7) is 0.599. The number of hydrogen-bond acceptors (Lipinski definition) is 1. The van der Waals surface area contributed by atoms with Crippen molar-refractivity contribution in [3.63, 3.8) is 0 Å². The van der Waals surface area contributed by atoms with Crippen molar-refractivity contribution in [2.45, 2.75) is 6.61 Å². The summed E-state index contributed by atoms with van der Waals surface area (Å²) >= 11 is 2.30. The van der Waals surface area contributed by atoms with Crippen LogP contribution >= 0.6 is 22.6 Å². The molecular weight excluding hydrogens is 371 g/mol. The molecule has 3 aromatic rings. The summed E-state index contributed by atoms with van der Waals surface area (Å²) in [6, 6.07) is 27.0. The van der Waals surface area contributed by atoms with Crippen LogP contribution in [0.5, 0.6) is 5.75 Å². The summed E-state index contributed by atoms with van der Waals surface area (Å²) in [4.78, 5) is 0. The van der Waals surface area contributed by atoms with Gasteiger partial charge in [-0.15, -0.1) is 0 Å². The molecule has 2 heteroatoms. The lowest BCUT2D eigenvalue weighted by atomic mass is 10.1. The summed E-state index contributed by atoms with van der Waals surface area (Å²) in [5.41, 5.74) is 3.61. The van der Waals surface area contributed by atoms with Gasteiger partial charge in [-0.3, -0.25) is 0 Å². The van der Waals surface area contributed by atoms with E-state index in [-0.39, 0.29) is 0 Å². The fourth-order valence-electron chi connectivity index (χ4n) is 2.12. The second-order valence-corrected chi connectivity index (χ2v) is 6.05. The number of benzene rings is 3. The topological polar surface area (TPSA) is 9.23 Å². The van der Waals surface area contributed by atoms with Crippen LogP contribution in [0.2, 0.25) is 0 Å². The van der Waals surface area contributed by atoms with Crippen LogP contribution in [0.15, 0.2) is 78.9 Å². The van der Waals surface area contributed by atoms with Crippen LogP contribution in [-0.4, -0.2) is 0 Å². The molecule has 0 aliphatic carbocycles. The predicted octanol–water partition coefficient (Wildman–Crippen LogP) is 5.54. The Labute approximate surface area is 138 Å². The largest absolute Gasteiger partial charge is 0.489 e. The van der Waals surface area contributed by atoms with E-state index in [0.717, 1.165) is 5.75 Å². The van der Waals surface area contributed by atoms with Gasteiger partial charge in [-0.2, -0.15) is 0 Å². The summed E-state index contributed by atoms with van der Waals surface area (Å²) in [7, 11) is 0. The van der Waals surface area contributed by atoms with E-state index in [2.05, 4.69) is 83.3 Å². The summed E-state index contributed by atoms with van der Waals surface area (Å²) in [5, 5.41) is 0. The number of halogens is 1. The second kappa shape index (κ2) is 6.76. The molecule has 3 aromatic carbocycles. The van der Waals surface area contributed by atoms with Crippen molar-refractivity contribution in [1.82, 2.24) is 0 Å². The first kappa shape index (κ1) is 14.1. The SMILES string of the molecule is Ic1ccc(COc2ccc(-c3ccccc3)cc2)cc1. The van der Waals surface area contributed by atoms with E-state index in [4.69, 9.17) is 4.74 Å². The highest BCUT2D eigenvalue weighted by atomic mass is 127. The van der Waals surface area contributed by atoms with Crippen molar-refractivity contribution >= 4 is 22.6 Å². The van der Waals surface area contributed by atoms with Gasteiger partial charge in [-0.25, -0.2) is 0 Å². The summed E-state index contributed by atoms with van der Waals surface area (Å²) in [5.74, 6) is 0.897. The van der Waals surface area contributed by atoms with E-state index in [1.807, 2.05) is 18.2 Å². The molecular formula is C19H15IO. The van der Waals surface area contributed by atoms with Gasteiger partial charge in [-0.05, 0) is 63.5 Å². The molecule has 0 heterocycles. The Hall–Kier alpha value is -1.81. The highest BCUT2D eigenvalue weighted by Gasteiger charge is 1.99. The Morgan fingerprint density at radius 3 is 1.95 bits per heavy atom. The standard InChI is InChI=1S/C19H15IO/c20-18-10-6-15(7-11-18)14-21-19-12-8-17(9-13-19)16-4-2-1-3-5-16/h1-13H,14H2. The van der Waals surface area contributed by atoms with E-state index in [0.29, 0.717) is 6.61 Å². The molecule has 0 unspecified atom stereocenters. The van der Waals surface area contributed by atoms with Crippen molar-refractivity contribution in [2.75, 3.05) is 0 Å². The predicted molar refractivity (Wildman–Crippen MR) is 95.4 cm³/mol. The highest BCUT2D eigenvalue weighted by molar-refractivity contribution is 14.1. The molecule has 0 radical (unpaired) electrons. The number of hydrogen-bond donors (Lipinski definition) is 0. The third kappa shape index (κ3) is 3.85. The molecule has 0 aromatic heterocycles. The zero-order valence-electron chi connectivity index (χ0n) is 11.5. The molecule has 3 rings (SSSR count). The quantitative estimate of drug-likeness (QED) is 0.536. The molecule has 0 atom stereocenters. The molecule has 0 aliphatic heterocycles. The Kier molecular flexibility index (Phi) is 4.55. The Morgan fingerprint density at radius 1 is 0.667 bits per heavy atom. The van der Waals surface area contributed by atoms with Gasteiger partial charge in [-0.1, -0.05) is 54.6 Å². The lowest BCUT2D eigenvalue weighted by Crippen LogP contribution is -1.95. The first-order chi connectivity index (χ1) is 10.3. The summed E-state index contributed by atoms with van der Waals surface area (Å²) < 4.78 is 7.06.